The lowest BCUT2D eigenvalue weighted by molar-refractivity contribution is -0.121. The van der Waals surface area contributed by atoms with Crippen LogP contribution in [0.2, 0.25) is 0 Å². The van der Waals surface area contributed by atoms with Crippen LogP contribution in [0.25, 0.3) is 0 Å². The zero-order valence-electron chi connectivity index (χ0n) is 14.5. The largest absolute Gasteiger partial charge is 0.339 e. The van der Waals surface area contributed by atoms with Gasteiger partial charge in [-0.05, 0) is 50.1 Å². The Kier molecular flexibility index (Phi) is 5.71. The average Bonchev–Trinajstić information content (AvgIpc) is 2.64. The highest BCUT2D eigenvalue weighted by Crippen LogP contribution is 2.23. The minimum atomic E-state index is -0.472. The van der Waals surface area contributed by atoms with Gasteiger partial charge in [0.05, 0.1) is 5.69 Å². The van der Waals surface area contributed by atoms with E-state index in [1.807, 2.05) is 31.2 Å². The third-order valence-corrected chi connectivity index (χ3v) is 5.13. The van der Waals surface area contributed by atoms with Gasteiger partial charge in [0.2, 0.25) is 5.91 Å². The highest BCUT2D eigenvalue weighted by molar-refractivity contribution is 9.10. The molecule has 0 unspecified atom stereocenters. The summed E-state index contributed by atoms with van der Waals surface area (Å²) in [4.78, 5) is 26.7. The quantitative estimate of drug-likeness (QED) is 0.803. The molecule has 6 heteroatoms. The lowest BCUT2D eigenvalue weighted by Crippen LogP contribution is -2.41. The number of benzene rings is 2. The molecule has 0 atom stereocenters. The van der Waals surface area contributed by atoms with Crippen molar-refractivity contribution in [1.82, 2.24) is 4.90 Å². The summed E-state index contributed by atoms with van der Waals surface area (Å²) in [6.45, 7) is 3.02. The van der Waals surface area contributed by atoms with E-state index < -0.39 is 5.82 Å². The molecule has 1 fully saturated rings. The minimum absolute atomic E-state index is 0.0113. The topological polar surface area (TPSA) is 49.4 Å². The molecule has 0 aliphatic carbocycles. The number of halogens is 2. The molecule has 0 spiro atoms. The van der Waals surface area contributed by atoms with Crippen LogP contribution in [-0.4, -0.2) is 29.8 Å². The number of aryl methyl sites for hydroxylation is 1. The molecule has 0 saturated carbocycles. The number of hydrogen-bond donors (Lipinski definition) is 1. The summed E-state index contributed by atoms with van der Waals surface area (Å²) >= 11 is 3.19. The Balaban J connectivity index is 1.56. The Hall–Kier alpha value is -2.21. The van der Waals surface area contributed by atoms with Crippen molar-refractivity contribution in [2.45, 2.75) is 19.8 Å². The molecule has 2 aromatic rings. The van der Waals surface area contributed by atoms with Crippen molar-refractivity contribution < 1.29 is 14.0 Å². The van der Waals surface area contributed by atoms with Crippen LogP contribution in [0, 0.1) is 18.7 Å². The van der Waals surface area contributed by atoms with Gasteiger partial charge in [0, 0.05) is 29.0 Å². The SMILES string of the molecule is Cc1ccc(C(=O)N2CCC(C(=O)Nc3ccc(Br)cc3F)CC2)cc1. The van der Waals surface area contributed by atoms with E-state index in [-0.39, 0.29) is 23.4 Å². The number of hydrogen-bond acceptors (Lipinski definition) is 2. The van der Waals surface area contributed by atoms with Gasteiger partial charge in [0.1, 0.15) is 5.82 Å². The van der Waals surface area contributed by atoms with Crippen molar-refractivity contribution in [3.63, 3.8) is 0 Å². The minimum Gasteiger partial charge on any atom is -0.339 e. The predicted octanol–water partition coefficient (Wildman–Crippen LogP) is 4.39. The fourth-order valence-corrected chi connectivity index (χ4v) is 3.38. The first-order valence-electron chi connectivity index (χ1n) is 8.56. The molecule has 1 saturated heterocycles. The molecule has 2 amide bonds. The smallest absolute Gasteiger partial charge is 0.253 e. The molecule has 0 radical (unpaired) electrons. The van der Waals surface area contributed by atoms with Gasteiger partial charge in [-0.2, -0.15) is 0 Å². The fraction of sp³-hybridized carbons (Fsp3) is 0.300. The Morgan fingerprint density at radius 2 is 1.77 bits per heavy atom. The molecule has 3 rings (SSSR count). The van der Waals surface area contributed by atoms with Gasteiger partial charge in [0.25, 0.3) is 5.91 Å². The maximum Gasteiger partial charge on any atom is 0.253 e. The fourth-order valence-electron chi connectivity index (χ4n) is 3.05. The molecule has 136 valence electrons. The van der Waals surface area contributed by atoms with Gasteiger partial charge >= 0.3 is 0 Å². The second-order valence-electron chi connectivity index (χ2n) is 6.55. The van der Waals surface area contributed by atoms with Crippen molar-refractivity contribution in [3.8, 4) is 0 Å². The molecule has 4 nitrogen and oxygen atoms in total. The summed E-state index contributed by atoms with van der Waals surface area (Å²) in [5.74, 6) is -0.906. The molecule has 0 bridgehead atoms. The van der Waals surface area contributed by atoms with E-state index >= 15 is 0 Å². The number of piperidine rings is 1. The number of amides is 2. The predicted molar refractivity (Wildman–Crippen MR) is 103 cm³/mol. The van der Waals surface area contributed by atoms with Crippen molar-refractivity contribution >= 4 is 33.4 Å². The van der Waals surface area contributed by atoms with Crippen molar-refractivity contribution in [3.05, 3.63) is 63.9 Å². The third-order valence-electron chi connectivity index (χ3n) is 4.64. The Labute approximate surface area is 160 Å². The van der Waals surface area contributed by atoms with E-state index in [2.05, 4.69) is 21.2 Å². The standard InChI is InChI=1S/C20H20BrFN2O2/c1-13-2-4-15(5-3-13)20(26)24-10-8-14(9-11-24)19(25)23-18-7-6-16(21)12-17(18)22/h2-7,12,14H,8-11H2,1H3,(H,23,25). The first-order valence-corrected chi connectivity index (χ1v) is 9.35. The molecular formula is C20H20BrFN2O2. The summed E-state index contributed by atoms with van der Waals surface area (Å²) in [6, 6.07) is 12.0. The normalized spacial score (nSPS) is 15.0. The second-order valence-corrected chi connectivity index (χ2v) is 7.46. The highest BCUT2D eigenvalue weighted by atomic mass is 79.9. The summed E-state index contributed by atoms with van der Waals surface area (Å²) < 4.78 is 14.5. The van der Waals surface area contributed by atoms with Crippen LogP contribution in [0.3, 0.4) is 0 Å². The van der Waals surface area contributed by atoms with Crippen LogP contribution in [0.15, 0.2) is 46.9 Å². The Morgan fingerprint density at radius 1 is 1.12 bits per heavy atom. The number of rotatable bonds is 3. The van der Waals surface area contributed by atoms with Crippen molar-refractivity contribution in [2.75, 3.05) is 18.4 Å². The summed E-state index contributed by atoms with van der Waals surface area (Å²) in [6.07, 6.45) is 1.14. The van der Waals surface area contributed by atoms with Crippen molar-refractivity contribution in [1.29, 1.82) is 0 Å². The van der Waals surface area contributed by atoms with Gasteiger partial charge in [-0.15, -0.1) is 0 Å². The van der Waals surface area contributed by atoms with E-state index in [0.717, 1.165) is 5.56 Å². The van der Waals surface area contributed by atoms with Crippen LogP contribution in [0.5, 0.6) is 0 Å². The van der Waals surface area contributed by atoms with E-state index in [9.17, 15) is 14.0 Å². The number of anilines is 1. The van der Waals surface area contributed by atoms with Gasteiger partial charge in [0.15, 0.2) is 0 Å². The van der Waals surface area contributed by atoms with Crippen LogP contribution in [0.1, 0.15) is 28.8 Å². The zero-order chi connectivity index (χ0) is 18.7. The average molecular weight is 419 g/mol. The van der Waals surface area contributed by atoms with Crippen LogP contribution < -0.4 is 5.32 Å². The van der Waals surface area contributed by atoms with Crippen LogP contribution in [0.4, 0.5) is 10.1 Å². The van der Waals surface area contributed by atoms with Crippen molar-refractivity contribution in [2.24, 2.45) is 5.92 Å². The lowest BCUT2D eigenvalue weighted by atomic mass is 9.95. The molecule has 1 N–H and O–H groups in total. The molecule has 1 aliphatic heterocycles. The molecule has 1 aliphatic rings. The first kappa shape index (κ1) is 18.6. The van der Waals surface area contributed by atoms with Crippen LogP contribution in [-0.2, 0) is 4.79 Å². The second kappa shape index (κ2) is 7.99. The number of nitrogens with zero attached hydrogens (tertiary/aromatic N) is 1. The van der Waals surface area contributed by atoms with E-state index in [1.54, 1.807) is 11.0 Å². The van der Waals surface area contributed by atoms with Gasteiger partial charge in [-0.25, -0.2) is 4.39 Å². The zero-order valence-corrected chi connectivity index (χ0v) is 16.1. The molecule has 2 aromatic carbocycles. The number of likely N-dealkylation sites (tertiary alicyclic amines) is 1. The monoisotopic (exact) mass is 418 g/mol. The summed E-state index contributed by atoms with van der Waals surface area (Å²) in [5.41, 5.74) is 1.95. The van der Waals surface area contributed by atoms with Gasteiger partial charge in [-0.3, -0.25) is 9.59 Å². The Morgan fingerprint density at radius 3 is 2.38 bits per heavy atom. The van der Waals surface area contributed by atoms with E-state index in [0.29, 0.717) is 36.0 Å². The van der Waals surface area contributed by atoms with Gasteiger partial charge in [-0.1, -0.05) is 33.6 Å². The number of nitrogens with one attached hydrogen (secondary N) is 1. The first-order chi connectivity index (χ1) is 12.4. The summed E-state index contributed by atoms with van der Waals surface area (Å²) in [7, 11) is 0. The Bertz CT molecular complexity index is 815. The molecule has 26 heavy (non-hydrogen) atoms. The van der Waals surface area contributed by atoms with E-state index in [4.69, 9.17) is 0 Å². The number of carbonyl (C=O) groups is 2. The summed E-state index contributed by atoms with van der Waals surface area (Å²) in [5, 5.41) is 2.65. The van der Waals surface area contributed by atoms with Crippen LogP contribution >= 0.6 is 15.9 Å². The lowest BCUT2D eigenvalue weighted by Gasteiger charge is -2.31. The van der Waals surface area contributed by atoms with E-state index in [1.165, 1.54) is 12.1 Å². The molecule has 1 heterocycles. The third kappa shape index (κ3) is 4.30. The molecular weight excluding hydrogens is 399 g/mol. The van der Waals surface area contributed by atoms with Gasteiger partial charge < -0.3 is 10.2 Å². The maximum absolute atomic E-state index is 13.9. The molecule has 0 aromatic heterocycles. The maximum atomic E-state index is 13.9. The number of carbonyl (C=O) groups excluding carboxylic acids is 2. The highest BCUT2D eigenvalue weighted by Gasteiger charge is 2.28.